The summed E-state index contributed by atoms with van der Waals surface area (Å²) < 4.78 is 13.0. The molecule has 3 rings (SSSR count). The summed E-state index contributed by atoms with van der Waals surface area (Å²) >= 11 is 0. The predicted octanol–water partition coefficient (Wildman–Crippen LogP) is 4.41. The number of hydrogen-bond acceptors (Lipinski definition) is 2. The number of hydrogen-bond donors (Lipinski definition) is 1. The van der Waals surface area contributed by atoms with E-state index in [1.165, 1.54) is 17.7 Å². The van der Waals surface area contributed by atoms with Gasteiger partial charge in [-0.15, -0.1) is 0 Å². The number of carbonyl (C=O) groups is 1. The standard InChI is InChI=1S/C24H25FN2O/c1-27(2)17-19-7-11-20(12-8-19)23-6-4-3-5-21(23)16-26-24(28)15-18-9-13-22(25)14-10-18/h3-14H,15-17H2,1-2H3,(H,26,28). The molecule has 3 nitrogen and oxygen atoms in total. The summed E-state index contributed by atoms with van der Waals surface area (Å²) in [7, 11) is 4.11. The Hall–Kier alpha value is -2.98. The number of nitrogens with zero attached hydrogens (tertiary/aromatic N) is 1. The van der Waals surface area contributed by atoms with Crippen LogP contribution in [-0.4, -0.2) is 24.9 Å². The lowest BCUT2D eigenvalue weighted by atomic mass is 9.98. The van der Waals surface area contributed by atoms with Crippen molar-refractivity contribution in [2.24, 2.45) is 0 Å². The monoisotopic (exact) mass is 376 g/mol. The quantitative estimate of drug-likeness (QED) is 0.662. The van der Waals surface area contributed by atoms with Gasteiger partial charge in [-0.3, -0.25) is 4.79 Å². The molecule has 0 saturated carbocycles. The molecule has 0 radical (unpaired) electrons. The molecule has 3 aromatic carbocycles. The Kier molecular flexibility index (Phi) is 6.56. The summed E-state index contributed by atoms with van der Waals surface area (Å²) in [6.07, 6.45) is 0.238. The highest BCUT2D eigenvalue weighted by atomic mass is 19.1. The van der Waals surface area contributed by atoms with Gasteiger partial charge in [0.1, 0.15) is 5.82 Å². The highest BCUT2D eigenvalue weighted by Crippen LogP contribution is 2.24. The molecule has 0 saturated heterocycles. The van der Waals surface area contributed by atoms with Crippen molar-refractivity contribution in [1.29, 1.82) is 0 Å². The van der Waals surface area contributed by atoms with Crippen LogP contribution >= 0.6 is 0 Å². The second-order valence-corrected chi connectivity index (χ2v) is 7.17. The number of halogens is 1. The molecule has 28 heavy (non-hydrogen) atoms. The van der Waals surface area contributed by atoms with Crippen LogP contribution in [0.1, 0.15) is 16.7 Å². The van der Waals surface area contributed by atoms with E-state index >= 15 is 0 Å². The van der Waals surface area contributed by atoms with E-state index in [9.17, 15) is 9.18 Å². The average molecular weight is 376 g/mol. The second-order valence-electron chi connectivity index (χ2n) is 7.17. The molecule has 0 aliphatic rings. The number of nitrogens with one attached hydrogen (secondary N) is 1. The van der Waals surface area contributed by atoms with Gasteiger partial charge in [0.05, 0.1) is 6.42 Å². The van der Waals surface area contributed by atoms with Crippen molar-refractivity contribution < 1.29 is 9.18 Å². The van der Waals surface area contributed by atoms with Crippen LogP contribution in [0.25, 0.3) is 11.1 Å². The molecule has 0 unspecified atom stereocenters. The van der Waals surface area contributed by atoms with Crippen LogP contribution in [-0.2, 0) is 24.3 Å². The molecule has 0 aliphatic carbocycles. The minimum Gasteiger partial charge on any atom is -0.352 e. The first kappa shape index (κ1) is 19.8. The van der Waals surface area contributed by atoms with E-state index in [2.05, 4.69) is 54.6 Å². The molecule has 4 heteroatoms. The van der Waals surface area contributed by atoms with Gasteiger partial charge in [-0.25, -0.2) is 4.39 Å². The maximum absolute atomic E-state index is 13.0. The van der Waals surface area contributed by atoms with E-state index < -0.39 is 0 Å². The van der Waals surface area contributed by atoms with E-state index in [0.717, 1.165) is 28.8 Å². The van der Waals surface area contributed by atoms with Crippen LogP contribution < -0.4 is 5.32 Å². The van der Waals surface area contributed by atoms with E-state index in [0.29, 0.717) is 6.54 Å². The summed E-state index contributed by atoms with van der Waals surface area (Å²) in [6, 6.07) is 22.6. The Bertz CT molecular complexity index is 918. The van der Waals surface area contributed by atoms with Crippen molar-refractivity contribution in [2.45, 2.75) is 19.5 Å². The van der Waals surface area contributed by atoms with E-state index in [1.807, 2.05) is 18.2 Å². The second kappa shape index (κ2) is 9.29. The van der Waals surface area contributed by atoms with Gasteiger partial charge >= 0.3 is 0 Å². The zero-order valence-electron chi connectivity index (χ0n) is 16.3. The highest BCUT2D eigenvalue weighted by Gasteiger charge is 2.08. The molecule has 0 bridgehead atoms. The molecular formula is C24H25FN2O. The van der Waals surface area contributed by atoms with Gasteiger partial charge in [-0.05, 0) is 54.0 Å². The van der Waals surface area contributed by atoms with Crippen molar-refractivity contribution in [1.82, 2.24) is 10.2 Å². The Morgan fingerprint density at radius 2 is 1.54 bits per heavy atom. The van der Waals surface area contributed by atoms with Crippen LogP contribution in [0, 0.1) is 5.82 Å². The Labute approximate surface area is 165 Å². The minimum atomic E-state index is -0.297. The number of rotatable bonds is 7. The van der Waals surface area contributed by atoms with E-state index in [4.69, 9.17) is 0 Å². The molecule has 144 valence electrons. The van der Waals surface area contributed by atoms with Gasteiger partial charge in [-0.1, -0.05) is 60.7 Å². The highest BCUT2D eigenvalue weighted by molar-refractivity contribution is 5.79. The third-order valence-corrected chi connectivity index (χ3v) is 4.54. The van der Waals surface area contributed by atoms with Gasteiger partial charge in [0.25, 0.3) is 0 Å². The first-order valence-corrected chi connectivity index (χ1v) is 9.34. The third-order valence-electron chi connectivity index (χ3n) is 4.54. The number of benzene rings is 3. The van der Waals surface area contributed by atoms with Gasteiger partial charge in [0, 0.05) is 13.1 Å². The Morgan fingerprint density at radius 3 is 2.21 bits per heavy atom. The van der Waals surface area contributed by atoms with Gasteiger partial charge in [0.2, 0.25) is 5.91 Å². The Balaban J connectivity index is 1.66. The van der Waals surface area contributed by atoms with Crippen molar-refractivity contribution in [3.63, 3.8) is 0 Å². The molecular weight excluding hydrogens is 351 g/mol. The lowest BCUT2D eigenvalue weighted by Crippen LogP contribution is -2.24. The summed E-state index contributed by atoms with van der Waals surface area (Å²) in [5, 5.41) is 2.97. The lowest BCUT2D eigenvalue weighted by molar-refractivity contribution is -0.120. The zero-order valence-corrected chi connectivity index (χ0v) is 16.3. The van der Waals surface area contributed by atoms with Crippen molar-refractivity contribution >= 4 is 5.91 Å². The molecule has 0 aliphatic heterocycles. The first-order valence-electron chi connectivity index (χ1n) is 9.34. The van der Waals surface area contributed by atoms with Crippen LogP contribution in [0.15, 0.2) is 72.8 Å². The maximum Gasteiger partial charge on any atom is 0.224 e. The smallest absolute Gasteiger partial charge is 0.224 e. The average Bonchev–Trinajstić information content (AvgIpc) is 2.69. The fourth-order valence-corrected chi connectivity index (χ4v) is 3.15. The van der Waals surface area contributed by atoms with Crippen LogP contribution in [0.4, 0.5) is 4.39 Å². The Morgan fingerprint density at radius 1 is 0.893 bits per heavy atom. The largest absolute Gasteiger partial charge is 0.352 e. The van der Waals surface area contributed by atoms with Crippen LogP contribution in [0.2, 0.25) is 0 Å². The third kappa shape index (κ3) is 5.51. The van der Waals surface area contributed by atoms with Crippen molar-refractivity contribution in [3.8, 4) is 11.1 Å². The fourth-order valence-electron chi connectivity index (χ4n) is 3.15. The van der Waals surface area contributed by atoms with Crippen LogP contribution in [0.3, 0.4) is 0 Å². The normalized spacial score (nSPS) is 10.9. The molecule has 1 N–H and O–H groups in total. The first-order chi connectivity index (χ1) is 13.5. The van der Waals surface area contributed by atoms with E-state index in [-0.39, 0.29) is 18.1 Å². The SMILES string of the molecule is CN(C)Cc1ccc(-c2ccccc2CNC(=O)Cc2ccc(F)cc2)cc1. The van der Waals surface area contributed by atoms with Gasteiger partial charge < -0.3 is 10.2 Å². The molecule has 1 amide bonds. The molecule has 0 fully saturated rings. The zero-order chi connectivity index (χ0) is 19.9. The van der Waals surface area contributed by atoms with Crippen molar-refractivity contribution in [3.05, 3.63) is 95.3 Å². The summed E-state index contributed by atoms with van der Waals surface area (Å²) in [4.78, 5) is 14.4. The van der Waals surface area contributed by atoms with E-state index in [1.54, 1.807) is 12.1 Å². The number of carbonyl (C=O) groups excluding carboxylic acids is 1. The summed E-state index contributed by atoms with van der Waals surface area (Å²) in [6.45, 7) is 1.36. The maximum atomic E-state index is 13.0. The number of amides is 1. The van der Waals surface area contributed by atoms with Gasteiger partial charge in [-0.2, -0.15) is 0 Å². The molecule has 0 heterocycles. The molecule has 0 aromatic heterocycles. The topological polar surface area (TPSA) is 32.3 Å². The molecule has 0 spiro atoms. The van der Waals surface area contributed by atoms with Crippen LogP contribution in [0.5, 0.6) is 0 Å². The fraction of sp³-hybridized carbons (Fsp3) is 0.208. The van der Waals surface area contributed by atoms with Gasteiger partial charge in [0.15, 0.2) is 0 Å². The molecule has 3 aromatic rings. The summed E-state index contributed by atoms with van der Waals surface area (Å²) in [5.41, 5.74) is 5.37. The predicted molar refractivity (Wildman–Crippen MR) is 111 cm³/mol. The minimum absolute atomic E-state index is 0.0808. The molecule has 0 atom stereocenters. The van der Waals surface area contributed by atoms with Crippen molar-refractivity contribution in [2.75, 3.05) is 14.1 Å². The summed E-state index contributed by atoms with van der Waals surface area (Å²) in [5.74, 6) is -0.377. The lowest BCUT2D eigenvalue weighted by Gasteiger charge is -2.13.